The quantitative estimate of drug-likeness (QED) is 0.816. The van der Waals surface area contributed by atoms with Crippen molar-refractivity contribution in [3.8, 4) is 5.75 Å². The van der Waals surface area contributed by atoms with Crippen LogP contribution in [0.1, 0.15) is 30.5 Å². The zero-order chi connectivity index (χ0) is 13.8. The molecule has 0 aromatic heterocycles. The first-order valence-corrected chi connectivity index (χ1v) is 6.35. The summed E-state index contributed by atoms with van der Waals surface area (Å²) in [5.74, 6) is 0.967. The fourth-order valence-corrected chi connectivity index (χ4v) is 2.07. The molecule has 0 aliphatic rings. The summed E-state index contributed by atoms with van der Waals surface area (Å²) in [6, 6.07) is 4.29. The van der Waals surface area contributed by atoms with Crippen molar-refractivity contribution in [2.45, 2.75) is 34.2 Å². The van der Waals surface area contributed by atoms with Crippen molar-refractivity contribution in [3.63, 3.8) is 0 Å². The fourth-order valence-electron chi connectivity index (χ4n) is 2.07. The third-order valence-electron chi connectivity index (χ3n) is 3.08. The summed E-state index contributed by atoms with van der Waals surface area (Å²) in [5, 5.41) is 12.6. The molecule has 0 saturated heterocycles. The van der Waals surface area contributed by atoms with Gasteiger partial charge in [-0.3, -0.25) is 0 Å². The number of methoxy groups -OCH3 is 1. The summed E-state index contributed by atoms with van der Waals surface area (Å²) < 4.78 is 5.35. The van der Waals surface area contributed by atoms with Gasteiger partial charge in [0.15, 0.2) is 0 Å². The summed E-state index contributed by atoms with van der Waals surface area (Å²) in [4.78, 5) is 0. The van der Waals surface area contributed by atoms with Gasteiger partial charge < -0.3 is 15.2 Å². The van der Waals surface area contributed by atoms with E-state index in [9.17, 15) is 5.11 Å². The zero-order valence-corrected chi connectivity index (χ0v) is 12.1. The average molecular weight is 251 g/mol. The van der Waals surface area contributed by atoms with E-state index in [0.29, 0.717) is 0 Å². The van der Waals surface area contributed by atoms with Gasteiger partial charge in [0, 0.05) is 25.1 Å². The van der Waals surface area contributed by atoms with Crippen molar-refractivity contribution in [2.24, 2.45) is 5.41 Å². The normalized spacial score (nSPS) is 11.7. The molecule has 102 valence electrons. The fraction of sp³-hybridized carbons (Fsp3) is 0.600. The van der Waals surface area contributed by atoms with Crippen LogP contribution in [0.3, 0.4) is 0 Å². The van der Waals surface area contributed by atoms with Crippen LogP contribution in [-0.4, -0.2) is 25.4 Å². The minimum atomic E-state index is -0.0729. The van der Waals surface area contributed by atoms with Crippen LogP contribution in [0.5, 0.6) is 5.75 Å². The van der Waals surface area contributed by atoms with Crippen LogP contribution >= 0.6 is 0 Å². The molecule has 0 bridgehead atoms. The number of aliphatic hydroxyl groups is 1. The molecule has 0 unspecified atom stereocenters. The Bertz CT molecular complexity index is 376. The van der Waals surface area contributed by atoms with E-state index in [1.807, 2.05) is 13.8 Å². The lowest BCUT2D eigenvalue weighted by molar-refractivity contribution is 0.156. The summed E-state index contributed by atoms with van der Waals surface area (Å²) in [6.07, 6.45) is 0. The van der Waals surface area contributed by atoms with Gasteiger partial charge in [-0.1, -0.05) is 26.0 Å². The number of aliphatic hydroxyl groups excluding tert-OH is 1. The van der Waals surface area contributed by atoms with Crippen LogP contribution in [0.15, 0.2) is 12.1 Å². The van der Waals surface area contributed by atoms with Crippen LogP contribution in [0.25, 0.3) is 0 Å². The van der Waals surface area contributed by atoms with E-state index >= 15 is 0 Å². The Labute approximate surface area is 110 Å². The Balaban J connectivity index is 2.64. The smallest absolute Gasteiger partial charge is 0.124 e. The van der Waals surface area contributed by atoms with Gasteiger partial charge in [-0.25, -0.2) is 0 Å². The number of aryl methyl sites for hydroxylation is 2. The lowest BCUT2D eigenvalue weighted by atomic mass is 9.95. The maximum absolute atomic E-state index is 9.19. The first-order valence-electron chi connectivity index (χ1n) is 6.35. The van der Waals surface area contributed by atoms with E-state index in [2.05, 4.69) is 31.3 Å². The van der Waals surface area contributed by atoms with Gasteiger partial charge in [0.25, 0.3) is 0 Å². The van der Waals surface area contributed by atoms with Crippen molar-refractivity contribution >= 4 is 0 Å². The highest BCUT2D eigenvalue weighted by Gasteiger charge is 2.15. The molecule has 18 heavy (non-hydrogen) atoms. The Morgan fingerprint density at radius 2 is 1.78 bits per heavy atom. The largest absolute Gasteiger partial charge is 0.496 e. The SMILES string of the molecule is COc1c(C)cc(CNCC(C)(C)CO)cc1C. The molecule has 3 nitrogen and oxygen atoms in total. The summed E-state index contributed by atoms with van der Waals surface area (Å²) in [6.45, 7) is 10.0. The number of hydrogen-bond acceptors (Lipinski definition) is 3. The molecule has 0 aliphatic heterocycles. The van der Waals surface area contributed by atoms with Crippen molar-refractivity contribution in [2.75, 3.05) is 20.3 Å². The molecule has 0 atom stereocenters. The highest BCUT2D eigenvalue weighted by Crippen LogP contribution is 2.24. The number of rotatable bonds is 6. The molecule has 0 radical (unpaired) electrons. The topological polar surface area (TPSA) is 41.5 Å². The number of benzene rings is 1. The summed E-state index contributed by atoms with van der Waals surface area (Å²) in [7, 11) is 1.71. The molecule has 0 fully saturated rings. The second kappa shape index (κ2) is 6.21. The molecular weight excluding hydrogens is 226 g/mol. The van der Waals surface area contributed by atoms with Gasteiger partial charge in [-0.15, -0.1) is 0 Å². The van der Waals surface area contributed by atoms with Crippen molar-refractivity contribution in [1.29, 1.82) is 0 Å². The molecule has 0 heterocycles. The third kappa shape index (κ3) is 4.00. The van der Waals surface area contributed by atoms with Crippen LogP contribution in [0.2, 0.25) is 0 Å². The average Bonchev–Trinajstić information content (AvgIpc) is 2.28. The van der Waals surface area contributed by atoms with E-state index in [0.717, 1.165) is 30.0 Å². The lowest BCUT2D eigenvalue weighted by Gasteiger charge is -2.22. The molecular formula is C15H25NO2. The van der Waals surface area contributed by atoms with Gasteiger partial charge in [0.05, 0.1) is 7.11 Å². The second-order valence-electron chi connectivity index (χ2n) is 5.69. The van der Waals surface area contributed by atoms with Gasteiger partial charge in [-0.2, -0.15) is 0 Å². The minimum absolute atomic E-state index is 0.0729. The van der Waals surface area contributed by atoms with Crippen molar-refractivity contribution in [1.82, 2.24) is 5.32 Å². The first kappa shape index (κ1) is 15.0. The lowest BCUT2D eigenvalue weighted by Crippen LogP contribution is -2.31. The summed E-state index contributed by atoms with van der Waals surface area (Å²) in [5.41, 5.74) is 3.50. The zero-order valence-electron chi connectivity index (χ0n) is 12.1. The standard InChI is InChI=1S/C15H25NO2/c1-11-6-13(7-12(2)14(11)18-5)8-16-9-15(3,4)10-17/h6-7,16-17H,8-10H2,1-5H3. The summed E-state index contributed by atoms with van der Waals surface area (Å²) >= 11 is 0. The van der Waals surface area contributed by atoms with Crippen LogP contribution in [-0.2, 0) is 6.54 Å². The molecule has 0 aliphatic carbocycles. The maximum Gasteiger partial charge on any atom is 0.124 e. The van der Waals surface area contributed by atoms with E-state index in [4.69, 9.17) is 4.74 Å². The monoisotopic (exact) mass is 251 g/mol. The predicted octanol–water partition coefficient (Wildman–Crippen LogP) is 2.42. The maximum atomic E-state index is 9.19. The highest BCUT2D eigenvalue weighted by molar-refractivity contribution is 5.43. The molecule has 1 aromatic carbocycles. The number of hydrogen-bond donors (Lipinski definition) is 2. The highest BCUT2D eigenvalue weighted by atomic mass is 16.5. The van der Waals surface area contributed by atoms with E-state index in [1.54, 1.807) is 7.11 Å². The van der Waals surface area contributed by atoms with E-state index in [-0.39, 0.29) is 12.0 Å². The second-order valence-corrected chi connectivity index (χ2v) is 5.69. The van der Waals surface area contributed by atoms with Gasteiger partial charge in [0.1, 0.15) is 5.75 Å². The molecule has 1 rings (SSSR count). The van der Waals surface area contributed by atoms with Crippen LogP contribution in [0, 0.1) is 19.3 Å². The van der Waals surface area contributed by atoms with Crippen molar-refractivity contribution in [3.05, 3.63) is 28.8 Å². The van der Waals surface area contributed by atoms with Crippen molar-refractivity contribution < 1.29 is 9.84 Å². The predicted molar refractivity (Wildman–Crippen MR) is 75.0 cm³/mol. The molecule has 3 heteroatoms. The number of ether oxygens (including phenoxy) is 1. The Hall–Kier alpha value is -1.06. The molecule has 2 N–H and O–H groups in total. The Morgan fingerprint density at radius 3 is 2.22 bits per heavy atom. The number of nitrogens with one attached hydrogen (secondary N) is 1. The van der Waals surface area contributed by atoms with E-state index < -0.39 is 0 Å². The Kier molecular flexibility index (Phi) is 5.17. The molecule has 0 saturated carbocycles. The van der Waals surface area contributed by atoms with Gasteiger partial charge in [-0.05, 0) is 30.5 Å². The minimum Gasteiger partial charge on any atom is -0.496 e. The molecule has 1 aromatic rings. The molecule has 0 spiro atoms. The van der Waals surface area contributed by atoms with Gasteiger partial charge >= 0.3 is 0 Å². The third-order valence-corrected chi connectivity index (χ3v) is 3.08. The van der Waals surface area contributed by atoms with E-state index in [1.165, 1.54) is 5.56 Å². The van der Waals surface area contributed by atoms with Crippen LogP contribution < -0.4 is 10.1 Å². The molecule has 0 amide bonds. The first-order chi connectivity index (χ1) is 8.39. The van der Waals surface area contributed by atoms with Crippen LogP contribution in [0.4, 0.5) is 0 Å². The Morgan fingerprint density at radius 1 is 1.22 bits per heavy atom. The van der Waals surface area contributed by atoms with Gasteiger partial charge in [0.2, 0.25) is 0 Å².